The van der Waals surface area contributed by atoms with Gasteiger partial charge in [0.1, 0.15) is 0 Å². The van der Waals surface area contributed by atoms with Crippen molar-refractivity contribution in [3.63, 3.8) is 0 Å². The Morgan fingerprint density at radius 3 is 1.72 bits per heavy atom. The summed E-state index contributed by atoms with van der Waals surface area (Å²) < 4.78 is 0. The molecule has 0 spiro atoms. The van der Waals surface area contributed by atoms with Gasteiger partial charge in [0.2, 0.25) is 0 Å². The van der Waals surface area contributed by atoms with Crippen LogP contribution in [0.3, 0.4) is 0 Å². The Morgan fingerprint density at radius 1 is 0.760 bits per heavy atom. The van der Waals surface area contributed by atoms with Gasteiger partial charge in [-0.3, -0.25) is 4.90 Å². The number of rotatable bonds is 7. The van der Waals surface area contributed by atoms with Crippen molar-refractivity contribution < 1.29 is 0 Å². The van der Waals surface area contributed by atoms with Crippen molar-refractivity contribution >= 4 is 23.5 Å². The third kappa shape index (κ3) is 5.06. The largest absolute Gasteiger partial charge is 0.292 e. The minimum Gasteiger partial charge on any atom is -0.292 e. The summed E-state index contributed by atoms with van der Waals surface area (Å²) in [6.45, 7) is 2.12. The Bertz CT molecular complexity index is 615. The van der Waals surface area contributed by atoms with Crippen LogP contribution in [-0.2, 0) is 13.1 Å². The van der Waals surface area contributed by atoms with E-state index in [0.717, 1.165) is 19.1 Å². The summed E-state index contributed by atoms with van der Waals surface area (Å²) >= 11 is 3.73. The number of nitrogens with zero attached hydrogens (tertiary/aromatic N) is 1. The van der Waals surface area contributed by atoms with Crippen molar-refractivity contribution in [2.24, 2.45) is 0 Å². The van der Waals surface area contributed by atoms with Crippen molar-refractivity contribution in [2.75, 3.05) is 12.5 Å². The monoisotopic (exact) mass is 371 g/mol. The van der Waals surface area contributed by atoms with Gasteiger partial charge in [0, 0.05) is 28.9 Å². The van der Waals surface area contributed by atoms with Gasteiger partial charge in [-0.1, -0.05) is 55.7 Å². The van der Waals surface area contributed by atoms with Gasteiger partial charge >= 0.3 is 0 Å². The number of hydrogen-bond acceptors (Lipinski definition) is 3. The molecule has 0 bridgehead atoms. The second kappa shape index (κ2) is 9.70. The van der Waals surface area contributed by atoms with E-state index in [0.29, 0.717) is 0 Å². The fourth-order valence-corrected chi connectivity index (χ4v) is 5.08. The molecule has 1 aliphatic carbocycles. The van der Waals surface area contributed by atoms with Gasteiger partial charge in [0.05, 0.1) is 0 Å². The van der Waals surface area contributed by atoms with E-state index in [-0.39, 0.29) is 0 Å². The zero-order chi connectivity index (χ0) is 17.5. The highest BCUT2D eigenvalue weighted by Gasteiger charge is 2.22. The molecule has 1 saturated carbocycles. The summed E-state index contributed by atoms with van der Waals surface area (Å²) in [4.78, 5) is 5.58. The van der Waals surface area contributed by atoms with E-state index in [1.54, 1.807) is 0 Å². The molecule has 0 heterocycles. The molecule has 134 valence electrons. The molecule has 2 aromatic rings. The Balaban J connectivity index is 1.84. The molecule has 0 N–H and O–H groups in total. The number of hydrogen-bond donors (Lipinski definition) is 0. The summed E-state index contributed by atoms with van der Waals surface area (Å²) in [5.41, 5.74) is 2.95. The van der Waals surface area contributed by atoms with Gasteiger partial charge in [-0.25, -0.2) is 0 Å². The first-order valence-electron chi connectivity index (χ1n) is 9.29. The van der Waals surface area contributed by atoms with Crippen LogP contribution in [0.5, 0.6) is 0 Å². The fourth-order valence-electron chi connectivity index (χ4n) is 3.87. The van der Waals surface area contributed by atoms with Crippen LogP contribution in [0.4, 0.5) is 0 Å². The molecule has 0 atom stereocenters. The van der Waals surface area contributed by atoms with Gasteiger partial charge in [-0.15, -0.1) is 23.5 Å². The quantitative estimate of drug-likeness (QED) is 0.514. The van der Waals surface area contributed by atoms with Crippen LogP contribution in [0.2, 0.25) is 0 Å². The molecular formula is C22H29NS2. The Labute approximate surface area is 161 Å². The van der Waals surface area contributed by atoms with Crippen molar-refractivity contribution in [3.8, 4) is 0 Å². The third-order valence-corrected chi connectivity index (χ3v) is 6.90. The van der Waals surface area contributed by atoms with Crippen molar-refractivity contribution in [1.82, 2.24) is 4.90 Å². The summed E-state index contributed by atoms with van der Waals surface area (Å²) in [5, 5.41) is 0. The van der Waals surface area contributed by atoms with E-state index >= 15 is 0 Å². The van der Waals surface area contributed by atoms with Gasteiger partial charge < -0.3 is 0 Å². The molecule has 1 aliphatic rings. The Hall–Kier alpha value is -0.900. The highest BCUT2D eigenvalue weighted by atomic mass is 32.2. The lowest BCUT2D eigenvalue weighted by atomic mass is 9.93. The van der Waals surface area contributed by atoms with Crippen LogP contribution in [0.15, 0.2) is 58.3 Å². The molecule has 0 aliphatic heterocycles. The van der Waals surface area contributed by atoms with Gasteiger partial charge in [0.15, 0.2) is 0 Å². The van der Waals surface area contributed by atoms with Crippen LogP contribution in [-0.4, -0.2) is 23.5 Å². The molecule has 0 aromatic heterocycles. The first kappa shape index (κ1) is 18.9. The van der Waals surface area contributed by atoms with E-state index in [4.69, 9.17) is 0 Å². The molecule has 2 aromatic carbocycles. The molecule has 0 unspecified atom stereocenters. The molecular weight excluding hydrogens is 342 g/mol. The smallest absolute Gasteiger partial charge is 0.0251 e. The van der Waals surface area contributed by atoms with Crippen LogP contribution in [0.25, 0.3) is 0 Å². The highest BCUT2D eigenvalue weighted by molar-refractivity contribution is 7.98. The van der Waals surface area contributed by atoms with E-state index in [1.807, 2.05) is 23.5 Å². The zero-order valence-corrected chi connectivity index (χ0v) is 17.0. The zero-order valence-electron chi connectivity index (χ0n) is 15.4. The molecule has 3 heteroatoms. The van der Waals surface area contributed by atoms with Crippen LogP contribution in [0.1, 0.15) is 43.2 Å². The predicted octanol–water partition coefficient (Wildman–Crippen LogP) is 6.47. The molecule has 0 saturated heterocycles. The summed E-state index contributed by atoms with van der Waals surface area (Å²) in [5.74, 6) is 0. The van der Waals surface area contributed by atoms with Crippen molar-refractivity contribution in [1.29, 1.82) is 0 Å². The second-order valence-electron chi connectivity index (χ2n) is 6.82. The molecule has 25 heavy (non-hydrogen) atoms. The van der Waals surface area contributed by atoms with Crippen LogP contribution < -0.4 is 0 Å². The predicted molar refractivity (Wildman–Crippen MR) is 113 cm³/mol. The normalized spacial score (nSPS) is 15.6. The van der Waals surface area contributed by atoms with E-state index in [9.17, 15) is 0 Å². The highest BCUT2D eigenvalue weighted by Crippen LogP contribution is 2.30. The van der Waals surface area contributed by atoms with E-state index in [1.165, 1.54) is 53.0 Å². The molecule has 0 radical (unpaired) electrons. The van der Waals surface area contributed by atoms with Crippen molar-refractivity contribution in [2.45, 2.75) is 61.0 Å². The van der Waals surface area contributed by atoms with Crippen LogP contribution >= 0.6 is 23.5 Å². The maximum Gasteiger partial charge on any atom is 0.0251 e. The van der Waals surface area contributed by atoms with Gasteiger partial charge in [-0.05, 0) is 48.6 Å². The summed E-state index contributed by atoms with van der Waals surface area (Å²) in [7, 11) is 0. The molecule has 1 fully saturated rings. The average molecular weight is 372 g/mol. The minimum absolute atomic E-state index is 0.721. The van der Waals surface area contributed by atoms with E-state index < -0.39 is 0 Å². The standard InChI is InChI=1S/C22H29NS2/c1-24-21-14-8-6-10-18(21)16-23(20-12-4-3-5-13-20)17-19-11-7-9-15-22(19)25-2/h6-11,14-15,20H,3-5,12-13,16-17H2,1-2H3. The Kier molecular flexibility index (Phi) is 7.33. The average Bonchev–Trinajstić information content (AvgIpc) is 2.69. The molecule has 1 nitrogen and oxygen atoms in total. The summed E-state index contributed by atoms with van der Waals surface area (Å²) in [6.07, 6.45) is 11.3. The van der Waals surface area contributed by atoms with E-state index in [2.05, 4.69) is 65.9 Å². The summed E-state index contributed by atoms with van der Waals surface area (Å²) in [6, 6.07) is 18.5. The number of benzene rings is 2. The van der Waals surface area contributed by atoms with Gasteiger partial charge in [0.25, 0.3) is 0 Å². The first-order valence-corrected chi connectivity index (χ1v) is 11.7. The lowest BCUT2D eigenvalue weighted by Crippen LogP contribution is -2.36. The van der Waals surface area contributed by atoms with Gasteiger partial charge in [-0.2, -0.15) is 0 Å². The SMILES string of the molecule is CSc1ccccc1CN(Cc1ccccc1SC)C1CCCCC1. The topological polar surface area (TPSA) is 3.24 Å². The lowest BCUT2D eigenvalue weighted by molar-refractivity contribution is 0.138. The van der Waals surface area contributed by atoms with Crippen LogP contribution in [0, 0.1) is 0 Å². The van der Waals surface area contributed by atoms with Crippen molar-refractivity contribution in [3.05, 3.63) is 59.7 Å². The maximum absolute atomic E-state index is 2.74. The first-order chi connectivity index (χ1) is 12.3. The maximum atomic E-state index is 2.74. The Morgan fingerprint density at radius 2 is 1.24 bits per heavy atom. The molecule has 3 rings (SSSR count). The molecule has 0 amide bonds. The fraction of sp³-hybridized carbons (Fsp3) is 0.455. The lowest BCUT2D eigenvalue weighted by Gasteiger charge is -2.35. The third-order valence-electron chi connectivity index (χ3n) is 5.22. The number of thioether (sulfide) groups is 2. The second-order valence-corrected chi connectivity index (χ2v) is 8.52. The minimum atomic E-state index is 0.721.